The molecule has 1 heterocycles. The SMILES string of the molecule is CC(C)(C)c1cc(/C=C2\N=C(c3ccc(F)cc3)OC2=O)cc(C(C)(C)C)c1O. The zero-order valence-corrected chi connectivity index (χ0v) is 17.6. The average molecular weight is 395 g/mol. The number of benzene rings is 2. The molecular weight excluding hydrogens is 369 g/mol. The Morgan fingerprint density at radius 2 is 1.48 bits per heavy atom. The van der Waals surface area contributed by atoms with Gasteiger partial charge in [-0.2, -0.15) is 0 Å². The molecule has 0 atom stereocenters. The van der Waals surface area contributed by atoms with Gasteiger partial charge >= 0.3 is 5.97 Å². The Morgan fingerprint density at radius 1 is 0.966 bits per heavy atom. The molecule has 0 saturated carbocycles. The third kappa shape index (κ3) is 4.39. The number of hydrogen-bond donors (Lipinski definition) is 1. The Hall–Kier alpha value is -2.95. The summed E-state index contributed by atoms with van der Waals surface area (Å²) in [5, 5.41) is 10.8. The van der Waals surface area contributed by atoms with E-state index in [0.29, 0.717) is 5.56 Å². The first-order valence-electron chi connectivity index (χ1n) is 9.53. The molecule has 0 radical (unpaired) electrons. The molecule has 1 N–H and O–H groups in total. The van der Waals surface area contributed by atoms with Gasteiger partial charge in [0.15, 0.2) is 5.70 Å². The number of cyclic esters (lactones) is 1. The van der Waals surface area contributed by atoms with Crippen LogP contribution in [0.15, 0.2) is 47.1 Å². The maximum atomic E-state index is 13.1. The lowest BCUT2D eigenvalue weighted by atomic mass is 9.78. The number of hydrogen-bond acceptors (Lipinski definition) is 4. The lowest BCUT2D eigenvalue weighted by Crippen LogP contribution is -2.17. The molecule has 2 aromatic rings. The highest BCUT2D eigenvalue weighted by atomic mass is 19.1. The van der Waals surface area contributed by atoms with Gasteiger partial charge in [0.1, 0.15) is 11.6 Å². The van der Waals surface area contributed by atoms with Crippen LogP contribution >= 0.6 is 0 Å². The van der Waals surface area contributed by atoms with E-state index < -0.39 is 5.97 Å². The number of ether oxygens (including phenoxy) is 1. The quantitative estimate of drug-likeness (QED) is 0.542. The van der Waals surface area contributed by atoms with Crippen molar-refractivity contribution < 1.29 is 19.0 Å². The van der Waals surface area contributed by atoms with Crippen molar-refractivity contribution in [1.82, 2.24) is 0 Å². The summed E-state index contributed by atoms with van der Waals surface area (Å²) in [6, 6.07) is 9.35. The van der Waals surface area contributed by atoms with Crippen molar-refractivity contribution in [2.75, 3.05) is 0 Å². The summed E-state index contributed by atoms with van der Waals surface area (Å²) < 4.78 is 18.4. The van der Waals surface area contributed by atoms with E-state index in [1.807, 2.05) is 53.7 Å². The fraction of sp³-hybridized carbons (Fsp3) is 0.333. The summed E-state index contributed by atoms with van der Waals surface area (Å²) >= 11 is 0. The zero-order chi connectivity index (χ0) is 21.6. The van der Waals surface area contributed by atoms with Crippen molar-refractivity contribution in [2.45, 2.75) is 52.4 Å². The third-order valence-corrected chi connectivity index (χ3v) is 4.76. The topological polar surface area (TPSA) is 58.9 Å². The van der Waals surface area contributed by atoms with E-state index in [0.717, 1.165) is 16.7 Å². The van der Waals surface area contributed by atoms with Crippen LogP contribution in [0.2, 0.25) is 0 Å². The molecule has 0 aliphatic carbocycles. The number of carbonyl (C=O) groups is 1. The van der Waals surface area contributed by atoms with Crippen molar-refractivity contribution in [3.8, 4) is 5.75 Å². The Kier molecular flexibility index (Phi) is 5.11. The highest BCUT2D eigenvalue weighted by molar-refractivity contribution is 6.12. The molecule has 0 aromatic heterocycles. The van der Waals surface area contributed by atoms with Crippen LogP contribution < -0.4 is 0 Å². The Labute approximate surface area is 170 Å². The van der Waals surface area contributed by atoms with Gasteiger partial charge in [0.25, 0.3) is 0 Å². The van der Waals surface area contributed by atoms with Gasteiger partial charge in [-0.3, -0.25) is 0 Å². The Bertz CT molecular complexity index is 985. The van der Waals surface area contributed by atoms with E-state index >= 15 is 0 Å². The van der Waals surface area contributed by atoms with E-state index in [4.69, 9.17) is 4.74 Å². The number of aromatic hydroxyl groups is 1. The van der Waals surface area contributed by atoms with E-state index in [2.05, 4.69) is 4.99 Å². The summed E-state index contributed by atoms with van der Waals surface area (Å²) in [6.07, 6.45) is 1.66. The van der Waals surface area contributed by atoms with Gasteiger partial charge in [0.05, 0.1) is 0 Å². The Morgan fingerprint density at radius 3 is 1.97 bits per heavy atom. The molecule has 5 heteroatoms. The minimum Gasteiger partial charge on any atom is -0.507 e. The average Bonchev–Trinajstić information content (AvgIpc) is 2.95. The van der Waals surface area contributed by atoms with Crippen LogP contribution in [0.3, 0.4) is 0 Å². The number of rotatable bonds is 2. The minimum atomic E-state index is -0.563. The third-order valence-electron chi connectivity index (χ3n) is 4.76. The first-order chi connectivity index (χ1) is 13.4. The lowest BCUT2D eigenvalue weighted by Gasteiger charge is -2.27. The van der Waals surface area contributed by atoms with Crippen LogP contribution in [-0.4, -0.2) is 17.0 Å². The molecule has 3 rings (SSSR count). The smallest absolute Gasteiger partial charge is 0.363 e. The predicted octanol–water partition coefficient (Wildman–Crippen LogP) is 5.47. The van der Waals surface area contributed by atoms with Crippen molar-refractivity contribution in [3.63, 3.8) is 0 Å². The molecule has 0 bridgehead atoms. The number of phenolic OH excluding ortho intramolecular Hbond substituents is 1. The molecule has 0 unspecified atom stereocenters. The normalized spacial score (nSPS) is 16.2. The number of esters is 1. The fourth-order valence-electron chi connectivity index (χ4n) is 3.17. The van der Waals surface area contributed by atoms with E-state index in [-0.39, 0.29) is 34.0 Å². The molecule has 0 amide bonds. The summed E-state index contributed by atoms with van der Waals surface area (Å²) in [5.41, 5.74) is 2.48. The molecule has 152 valence electrons. The van der Waals surface area contributed by atoms with E-state index in [9.17, 15) is 14.3 Å². The van der Waals surface area contributed by atoms with Crippen LogP contribution in [-0.2, 0) is 20.4 Å². The van der Waals surface area contributed by atoms with Gasteiger partial charge in [-0.1, -0.05) is 41.5 Å². The first-order valence-corrected chi connectivity index (χ1v) is 9.53. The van der Waals surface area contributed by atoms with Crippen LogP contribution in [0.4, 0.5) is 4.39 Å². The van der Waals surface area contributed by atoms with Crippen molar-refractivity contribution in [1.29, 1.82) is 0 Å². The molecule has 0 saturated heterocycles. The van der Waals surface area contributed by atoms with Gasteiger partial charge in [-0.25, -0.2) is 14.2 Å². The summed E-state index contributed by atoms with van der Waals surface area (Å²) in [6.45, 7) is 12.2. The van der Waals surface area contributed by atoms with Crippen molar-refractivity contribution in [2.24, 2.45) is 4.99 Å². The summed E-state index contributed by atoms with van der Waals surface area (Å²) in [7, 11) is 0. The lowest BCUT2D eigenvalue weighted by molar-refractivity contribution is -0.129. The number of nitrogens with zero attached hydrogens (tertiary/aromatic N) is 1. The van der Waals surface area contributed by atoms with Crippen molar-refractivity contribution in [3.05, 3.63) is 70.2 Å². The maximum absolute atomic E-state index is 13.1. The van der Waals surface area contributed by atoms with Crippen molar-refractivity contribution >= 4 is 17.9 Å². The minimum absolute atomic E-state index is 0.145. The second-order valence-corrected chi connectivity index (χ2v) is 9.31. The number of carbonyl (C=O) groups excluding carboxylic acids is 1. The predicted molar refractivity (Wildman–Crippen MR) is 113 cm³/mol. The Balaban J connectivity index is 2.09. The molecule has 29 heavy (non-hydrogen) atoms. The fourth-order valence-corrected chi connectivity index (χ4v) is 3.17. The second kappa shape index (κ2) is 7.14. The molecule has 4 nitrogen and oxygen atoms in total. The monoisotopic (exact) mass is 395 g/mol. The number of phenols is 1. The van der Waals surface area contributed by atoms with Crippen LogP contribution in [0.25, 0.3) is 6.08 Å². The highest BCUT2D eigenvalue weighted by Gasteiger charge is 2.28. The first kappa shape index (κ1) is 20.8. The summed E-state index contributed by atoms with van der Waals surface area (Å²) in [4.78, 5) is 16.6. The van der Waals surface area contributed by atoms with Gasteiger partial charge in [0, 0.05) is 16.7 Å². The molecule has 2 aromatic carbocycles. The van der Waals surface area contributed by atoms with Gasteiger partial charge < -0.3 is 9.84 Å². The van der Waals surface area contributed by atoms with Crippen LogP contribution in [0.1, 0.15) is 63.8 Å². The van der Waals surface area contributed by atoms with Crippen LogP contribution in [0.5, 0.6) is 5.75 Å². The highest BCUT2D eigenvalue weighted by Crippen LogP contribution is 2.40. The summed E-state index contributed by atoms with van der Waals surface area (Å²) in [5.74, 6) is -0.515. The van der Waals surface area contributed by atoms with Gasteiger partial charge in [-0.05, 0) is 58.9 Å². The molecule has 1 aliphatic heterocycles. The molecule has 1 aliphatic rings. The maximum Gasteiger partial charge on any atom is 0.363 e. The molecule has 0 spiro atoms. The van der Waals surface area contributed by atoms with Gasteiger partial charge in [0.2, 0.25) is 5.90 Å². The molecular formula is C24H26FNO3. The number of aliphatic imine (C=N–C) groups is 1. The largest absolute Gasteiger partial charge is 0.507 e. The second-order valence-electron chi connectivity index (χ2n) is 9.31. The molecule has 0 fully saturated rings. The van der Waals surface area contributed by atoms with Crippen LogP contribution in [0, 0.1) is 5.82 Å². The number of halogens is 1. The standard InChI is InChI=1S/C24H26FNO3/c1-23(2,3)17-11-14(12-18(20(17)27)24(4,5)6)13-19-22(28)29-21(26-19)15-7-9-16(25)10-8-15/h7-13,27H,1-6H3/b19-13-. The zero-order valence-electron chi connectivity index (χ0n) is 17.6. The van der Waals surface area contributed by atoms with E-state index in [1.165, 1.54) is 24.3 Å². The van der Waals surface area contributed by atoms with E-state index in [1.54, 1.807) is 6.08 Å². The van der Waals surface area contributed by atoms with Gasteiger partial charge in [-0.15, -0.1) is 0 Å².